The van der Waals surface area contributed by atoms with Gasteiger partial charge in [-0.1, -0.05) is 63.0 Å². The first-order chi connectivity index (χ1) is 21.2. The topological polar surface area (TPSA) is 133 Å². The number of halogens is 2. The van der Waals surface area contributed by atoms with Crippen LogP contribution in [0.25, 0.3) is 34.9 Å². The summed E-state index contributed by atoms with van der Waals surface area (Å²) in [6.45, 7) is 9.90. The summed E-state index contributed by atoms with van der Waals surface area (Å²) < 4.78 is 3.45. The molecule has 0 saturated carbocycles. The maximum atomic E-state index is 12.2. The van der Waals surface area contributed by atoms with Crippen LogP contribution in [0.4, 0.5) is 0 Å². The van der Waals surface area contributed by atoms with Crippen LogP contribution in [0.2, 0.25) is 10.3 Å². The Morgan fingerprint density at radius 3 is 1.73 bits per heavy atom. The Labute approximate surface area is 264 Å². The lowest BCUT2D eigenvalue weighted by atomic mass is 10.0. The van der Waals surface area contributed by atoms with E-state index in [0.717, 1.165) is 17.0 Å². The van der Waals surface area contributed by atoms with Gasteiger partial charge in [0.2, 0.25) is 11.9 Å². The minimum Gasteiger partial charge on any atom is -0.292 e. The van der Waals surface area contributed by atoms with Gasteiger partial charge in [0, 0.05) is 48.4 Å². The fourth-order valence-electron chi connectivity index (χ4n) is 4.66. The quantitative estimate of drug-likeness (QED) is 0.204. The van der Waals surface area contributed by atoms with Gasteiger partial charge in [0.25, 0.3) is 5.56 Å². The molecule has 0 atom stereocenters. The van der Waals surface area contributed by atoms with Crippen LogP contribution in [0.1, 0.15) is 56.4 Å². The molecule has 6 aromatic heterocycles. The molecule has 0 saturated heterocycles. The molecule has 0 aliphatic heterocycles. The minimum atomic E-state index is -0.245. The number of aromatic amines is 1. The summed E-state index contributed by atoms with van der Waals surface area (Å²) in [5.74, 6) is 2.36. The number of aromatic nitrogens is 10. The normalized spacial score (nSPS) is 11.1. The van der Waals surface area contributed by atoms with Crippen molar-refractivity contribution in [2.24, 2.45) is 0 Å². The smallest absolute Gasteiger partial charge is 0.257 e. The van der Waals surface area contributed by atoms with Crippen LogP contribution < -0.4 is 5.56 Å². The van der Waals surface area contributed by atoms with E-state index in [1.807, 2.05) is 63.4 Å². The number of hydrogen-bond donors (Lipinski definition) is 1. The fourth-order valence-corrected chi connectivity index (χ4v) is 5.48. The highest BCUT2D eigenvalue weighted by molar-refractivity contribution is 6.30. The maximum absolute atomic E-state index is 12.2. The molecule has 0 aliphatic carbocycles. The Morgan fingerprint density at radius 1 is 0.682 bits per heavy atom. The van der Waals surface area contributed by atoms with E-state index < -0.39 is 0 Å². The Hall–Kier alpha value is -4.74. The molecule has 0 bridgehead atoms. The second-order valence-corrected chi connectivity index (χ2v) is 11.1. The Bertz CT molecular complexity index is 1910. The zero-order chi connectivity index (χ0) is 31.4. The van der Waals surface area contributed by atoms with E-state index >= 15 is 0 Å². The lowest BCUT2D eigenvalue weighted by molar-refractivity contribution is 0.810. The van der Waals surface area contributed by atoms with Crippen LogP contribution in [0.5, 0.6) is 0 Å². The van der Waals surface area contributed by atoms with Gasteiger partial charge in [0.15, 0.2) is 11.6 Å². The molecule has 0 aromatic carbocycles. The third-order valence-electron chi connectivity index (χ3n) is 6.64. The molecule has 6 rings (SSSR count). The van der Waals surface area contributed by atoms with E-state index in [1.54, 1.807) is 40.1 Å². The molecule has 224 valence electrons. The number of nitrogens with zero attached hydrogens (tertiary/aromatic N) is 9. The minimum absolute atomic E-state index is 0.00384. The maximum Gasteiger partial charge on any atom is 0.257 e. The molecular formula is C31H30Cl2N10O. The molecule has 0 aliphatic rings. The number of hydrogen-bond acceptors (Lipinski definition) is 8. The summed E-state index contributed by atoms with van der Waals surface area (Å²) in [5.41, 5.74) is 3.53. The largest absolute Gasteiger partial charge is 0.292 e. The van der Waals surface area contributed by atoms with Crippen molar-refractivity contribution >= 4 is 23.2 Å². The molecule has 6 heterocycles. The summed E-state index contributed by atoms with van der Waals surface area (Å²) in [6.07, 6.45) is 10.2. The van der Waals surface area contributed by atoms with Crippen molar-refractivity contribution in [3.63, 3.8) is 0 Å². The highest BCUT2D eigenvalue weighted by Crippen LogP contribution is 2.27. The monoisotopic (exact) mass is 628 g/mol. The fraction of sp³-hybridized carbons (Fsp3) is 0.226. The van der Waals surface area contributed by atoms with Crippen molar-refractivity contribution in [1.29, 1.82) is 0 Å². The van der Waals surface area contributed by atoms with Crippen molar-refractivity contribution in [2.45, 2.75) is 46.5 Å². The van der Waals surface area contributed by atoms with Crippen LogP contribution in [0, 0.1) is 6.92 Å². The summed E-state index contributed by atoms with van der Waals surface area (Å²) >= 11 is 12.5. The lowest BCUT2D eigenvalue weighted by Gasteiger charge is -2.13. The van der Waals surface area contributed by atoms with Crippen LogP contribution in [-0.2, 0) is 0 Å². The Balaban J connectivity index is 0.000000175. The number of rotatable bonds is 6. The van der Waals surface area contributed by atoms with Crippen LogP contribution in [0.15, 0.2) is 78.4 Å². The van der Waals surface area contributed by atoms with Crippen molar-refractivity contribution in [3.05, 3.63) is 111 Å². The number of aryl methyl sites for hydroxylation is 1. The highest BCUT2D eigenvalue weighted by Gasteiger charge is 2.18. The van der Waals surface area contributed by atoms with E-state index in [2.05, 4.69) is 53.7 Å². The highest BCUT2D eigenvalue weighted by atomic mass is 35.5. The molecule has 6 aromatic rings. The zero-order valence-electron chi connectivity index (χ0n) is 24.8. The van der Waals surface area contributed by atoms with E-state index in [1.165, 1.54) is 0 Å². The average molecular weight is 630 g/mol. The second kappa shape index (κ2) is 13.3. The first-order valence-electron chi connectivity index (χ1n) is 13.9. The van der Waals surface area contributed by atoms with Gasteiger partial charge in [-0.25, -0.2) is 24.9 Å². The average Bonchev–Trinajstić information content (AvgIpc) is 3.68. The number of nitrogens with one attached hydrogen (secondary N) is 1. The second-order valence-electron chi connectivity index (χ2n) is 10.4. The van der Waals surface area contributed by atoms with Gasteiger partial charge in [0.1, 0.15) is 21.7 Å². The summed E-state index contributed by atoms with van der Waals surface area (Å²) in [5, 5.41) is 0.688. The SMILES string of the molecule is CC(C)c1c(Cl)nc(-n2ccnc2-c2ccccn2)[nH]c1=O.Cc1nc(-n2ccnc2-c2ccccn2)nc(Cl)c1C(C)C. The molecular weight excluding hydrogens is 599 g/mol. The standard InChI is InChI=1S/C16H16ClN5.C15H14ClN5O/c1-10(2)13-11(3)20-16(21-14(13)17)22-9-8-19-15(22)12-6-4-5-7-18-12;1-9(2)11-12(16)19-15(20-14(11)22)21-8-7-18-13(21)10-5-3-4-6-17-10/h4-10H,1-3H3;3-9H,1-2H3,(H,19,20,22). The molecule has 44 heavy (non-hydrogen) atoms. The van der Waals surface area contributed by atoms with Crippen LogP contribution >= 0.6 is 23.2 Å². The van der Waals surface area contributed by atoms with Gasteiger partial charge in [-0.3, -0.25) is 28.9 Å². The van der Waals surface area contributed by atoms with Gasteiger partial charge in [-0.05, 0) is 43.0 Å². The van der Waals surface area contributed by atoms with E-state index in [-0.39, 0.29) is 22.5 Å². The van der Waals surface area contributed by atoms with E-state index in [9.17, 15) is 4.79 Å². The predicted molar refractivity (Wildman–Crippen MR) is 171 cm³/mol. The molecule has 0 amide bonds. The predicted octanol–water partition coefficient (Wildman–Crippen LogP) is 6.60. The summed E-state index contributed by atoms with van der Waals surface area (Å²) in [4.78, 5) is 45.5. The number of H-pyrrole nitrogens is 1. The molecule has 11 nitrogen and oxygen atoms in total. The van der Waals surface area contributed by atoms with E-state index in [0.29, 0.717) is 40.0 Å². The van der Waals surface area contributed by atoms with Gasteiger partial charge in [-0.15, -0.1) is 0 Å². The number of pyridine rings is 2. The number of imidazole rings is 2. The van der Waals surface area contributed by atoms with Crippen molar-refractivity contribution in [1.82, 2.24) is 49.0 Å². The molecule has 1 N–H and O–H groups in total. The van der Waals surface area contributed by atoms with Crippen molar-refractivity contribution in [3.8, 4) is 34.9 Å². The van der Waals surface area contributed by atoms with Crippen molar-refractivity contribution < 1.29 is 0 Å². The molecule has 0 fully saturated rings. The van der Waals surface area contributed by atoms with Gasteiger partial charge < -0.3 is 0 Å². The van der Waals surface area contributed by atoms with Gasteiger partial charge >= 0.3 is 0 Å². The lowest BCUT2D eigenvalue weighted by Crippen LogP contribution is -2.19. The van der Waals surface area contributed by atoms with Gasteiger partial charge in [0.05, 0.1) is 5.56 Å². The summed E-state index contributed by atoms with van der Waals surface area (Å²) in [7, 11) is 0. The molecule has 0 spiro atoms. The first-order valence-corrected chi connectivity index (χ1v) is 14.6. The Morgan fingerprint density at radius 2 is 1.23 bits per heavy atom. The third kappa shape index (κ3) is 6.43. The molecule has 0 unspecified atom stereocenters. The van der Waals surface area contributed by atoms with E-state index in [4.69, 9.17) is 23.2 Å². The molecule has 13 heteroatoms. The third-order valence-corrected chi connectivity index (χ3v) is 7.22. The van der Waals surface area contributed by atoms with Crippen LogP contribution in [-0.4, -0.2) is 49.0 Å². The summed E-state index contributed by atoms with van der Waals surface area (Å²) in [6, 6.07) is 11.2. The zero-order valence-corrected chi connectivity index (χ0v) is 26.3. The molecule has 0 radical (unpaired) electrons. The van der Waals surface area contributed by atoms with Crippen molar-refractivity contribution in [2.75, 3.05) is 0 Å². The van der Waals surface area contributed by atoms with Gasteiger partial charge in [-0.2, -0.15) is 0 Å². The first kappa shape index (κ1) is 30.7. The van der Waals surface area contributed by atoms with Crippen LogP contribution in [0.3, 0.4) is 0 Å². The Kier molecular flexibility index (Phi) is 9.26.